The lowest BCUT2D eigenvalue weighted by Crippen LogP contribution is -2.32. The van der Waals surface area contributed by atoms with Gasteiger partial charge in [0, 0.05) is 18.0 Å². The first-order chi connectivity index (χ1) is 11.9. The second-order valence-corrected chi connectivity index (χ2v) is 8.43. The molecule has 1 unspecified atom stereocenters. The van der Waals surface area contributed by atoms with Gasteiger partial charge in [0.1, 0.15) is 4.83 Å². The summed E-state index contributed by atoms with van der Waals surface area (Å²) in [5.74, 6) is 0.898. The van der Waals surface area contributed by atoms with Gasteiger partial charge in [-0.05, 0) is 38.7 Å². The number of nitrogens with zero attached hydrogens (tertiary/aromatic N) is 2. The van der Waals surface area contributed by atoms with E-state index in [0.29, 0.717) is 29.9 Å². The van der Waals surface area contributed by atoms with Crippen LogP contribution in [-0.4, -0.2) is 39.6 Å². The van der Waals surface area contributed by atoms with Crippen LogP contribution >= 0.6 is 23.1 Å². The van der Waals surface area contributed by atoms with Gasteiger partial charge in [-0.3, -0.25) is 9.59 Å². The molecule has 0 saturated heterocycles. The molecule has 25 heavy (non-hydrogen) atoms. The van der Waals surface area contributed by atoms with Crippen LogP contribution in [0.25, 0.3) is 10.2 Å². The second-order valence-electron chi connectivity index (χ2n) is 6.26. The number of hydrogen-bond acceptors (Lipinski definition) is 5. The van der Waals surface area contributed by atoms with E-state index in [1.165, 1.54) is 11.8 Å². The summed E-state index contributed by atoms with van der Waals surface area (Å²) in [6.45, 7) is 11.7. The topological polar surface area (TPSA) is 66.1 Å². The van der Waals surface area contributed by atoms with Crippen LogP contribution in [0.3, 0.4) is 0 Å². The molecule has 2 heterocycles. The summed E-state index contributed by atoms with van der Waals surface area (Å²) in [5.41, 5.74) is 1.03. The van der Waals surface area contributed by atoms with Gasteiger partial charge in [-0.15, -0.1) is 11.3 Å². The highest BCUT2D eigenvalue weighted by Gasteiger charge is 2.18. The number of aromatic amines is 1. The molecule has 1 N–H and O–H groups in total. The fourth-order valence-electron chi connectivity index (χ4n) is 2.76. The molecule has 138 valence electrons. The van der Waals surface area contributed by atoms with Crippen LogP contribution in [0.5, 0.6) is 0 Å². The van der Waals surface area contributed by atoms with Gasteiger partial charge in [-0.2, -0.15) is 0 Å². The molecule has 1 atom stereocenters. The lowest BCUT2D eigenvalue weighted by molar-refractivity contribution is -0.127. The number of carbonyl (C=O) groups excluding carboxylic acids is 1. The molecule has 0 saturated carbocycles. The van der Waals surface area contributed by atoms with Crippen LogP contribution < -0.4 is 5.56 Å². The smallest absolute Gasteiger partial charge is 0.260 e. The Kier molecular flexibility index (Phi) is 7.07. The van der Waals surface area contributed by atoms with Gasteiger partial charge in [0.25, 0.3) is 5.56 Å². The van der Waals surface area contributed by atoms with Gasteiger partial charge in [-0.25, -0.2) is 4.98 Å². The van der Waals surface area contributed by atoms with Crippen LogP contribution in [0.15, 0.2) is 9.95 Å². The van der Waals surface area contributed by atoms with Crippen molar-refractivity contribution < 1.29 is 4.79 Å². The zero-order valence-corrected chi connectivity index (χ0v) is 17.3. The average Bonchev–Trinajstić information content (AvgIpc) is 2.89. The minimum Gasteiger partial charge on any atom is -0.343 e. The maximum Gasteiger partial charge on any atom is 0.260 e. The fraction of sp³-hybridized carbons (Fsp3) is 0.611. The molecule has 5 nitrogen and oxygen atoms in total. The predicted molar refractivity (Wildman–Crippen MR) is 107 cm³/mol. The van der Waals surface area contributed by atoms with Gasteiger partial charge < -0.3 is 9.88 Å². The zero-order valence-electron chi connectivity index (χ0n) is 15.6. The van der Waals surface area contributed by atoms with Gasteiger partial charge in [0.15, 0.2) is 5.16 Å². The predicted octanol–water partition coefficient (Wildman–Crippen LogP) is 3.84. The quantitative estimate of drug-likeness (QED) is 0.557. The highest BCUT2D eigenvalue weighted by molar-refractivity contribution is 7.99. The summed E-state index contributed by atoms with van der Waals surface area (Å²) in [6, 6.07) is 0. The molecular formula is C18H27N3O2S2. The minimum atomic E-state index is -0.0922. The Hall–Kier alpha value is -1.34. The maximum atomic E-state index is 12.6. The third kappa shape index (κ3) is 4.64. The van der Waals surface area contributed by atoms with Crippen LogP contribution in [0.1, 0.15) is 44.6 Å². The molecule has 2 aromatic rings. The van der Waals surface area contributed by atoms with E-state index in [0.717, 1.165) is 33.5 Å². The Bertz CT molecular complexity index is 793. The molecule has 0 aromatic carbocycles. The number of thioether (sulfide) groups is 1. The first kappa shape index (κ1) is 20.0. The number of H-pyrrole nitrogens is 1. The standard InChI is InChI=1S/C18H27N3O2S2/c1-6-11(4)9-13-12(5)25-17-15(13)16(23)19-18(20-17)24-10-14(22)21(7-2)8-3/h11H,6-10H2,1-5H3,(H,19,20,23). The lowest BCUT2D eigenvalue weighted by atomic mass is 9.98. The van der Waals surface area contributed by atoms with Crippen molar-refractivity contribution in [2.75, 3.05) is 18.8 Å². The SMILES string of the molecule is CCC(C)Cc1c(C)sc2nc(SCC(=O)N(CC)CC)[nH]c(=O)c12. The van der Waals surface area contributed by atoms with Crippen LogP contribution in [0.4, 0.5) is 0 Å². The highest BCUT2D eigenvalue weighted by Crippen LogP contribution is 2.30. The number of aryl methyl sites for hydroxylation is 1. The van der Waals surface area contributed by atoms with Crippen molar-refractivity contribution in [1.82, 2.24) is 14.9 Å². The molecule has 2 rings (SSSR count). The molecule has 0 fully saturated rings. The Morgan fingerprint density at radius 3 is 2.60 bits per heavy atom. The van der Waals surface area contributed by atoms with Gasteiger partial charge in [0.05, 0.1) is 11.1 Å². The number of rotatable bonds is 8. The Morgan fingerprint density at radius 2 is 2.00 bits per heavy atom. The fourth-order valence-corrected chi connectivity index (χ4v) is 4.63. The number of fused-ring (bicyclic) bond motifs is 1. The number of hydrogen-bond donors (Lipinski definition) is 1. The average molecular weight is 382 g/mol. The zero-order chi connectivity index (χ0) is 18.6. The first-order valence-corrected chi connectivity index (χ1v) is 10.6. The van der Waals surface area contributed by atoms with E-state index in [1.807, 2.05) is 13.8 Å². The molecule has 0 aliphatic heterocycles. The summed E-state index contributed by atoms with van der Waals surface area (Å²) in [5, 5.41) is 1.25. The lowest BCUT2D eigenvalue weighted by Gasteiger charge is -2.17. The Labute approximate surface area is 157 Å². The van der Waals surface area contributed by atoms with E-state index < -0.39 is 0 Å². The molecule has 0 bridgehead atoms. The monoisotopic (exact) mass is 381 g/mol. The van der Waals surface area contributed by atoms with Crippen LogP contribution in [0, 0.1) is 12.8 Å². The minimum absolute atomic E-state index is 0.0672. The molecule has 0 radical (unpaired) electrons. The van der Waals surface area contributed by atoms with E-state index in [-0.39, 0.29) is 11.5 Å². The number of carbonyl (C=O) groups is 1. The number of nitrogens with one attached hydrogen (secondary N) is 1. The normalized spacial score (nSPS) is 12.5. The van der Waals surface area contributed by atoms with Crippen molar-refractivity contribution in [2.45, 2.75) is 52.6 Å². The largest absolute Gasteiger partial charge is 0.343 e. The first-order valence-electron chi connectivity index (χ1n) is 8.83. The number of amides is 1. The van der Waals surface area contributed by atoms with Crippen molar-refractivity contribution in [3.05, 3.63) is 20.8 Å². The molecule has 0 spiro atoms. The number of aromatic nitrogens is 2. The third-order valence-electron chi connectivity index (χ3n) is 4.54. The van der Waals surface area contributed by atoms with Gasteiger partial charge in [0.2, 0.25) is 5.91 Å². The van der Waals surface area contributed by atoms with E-state index in [2.05, 4.69) is 30.7 Å². The van der Waals surface area contributed by atoms with Gasteiger partial charge in [-0.1, -0.05) is 32.0 Å². The van der Waals surface area contributed by atoms with E-state index in [1.54, 1.807) is 16.2 Å². The van der Waals surface area contributed by atoms with Crippen molar-refractivity contribution in [1.29, 1.82) is 0 Å². The van der Waals surface area contributed by atoms with Crippen molar-refractivity contribution in [3.8, 4) is 0 Å². The summed E-state index contributed by atoms with van der Waals surface area (Å²) in [6.07, 6.45) is 1.99. The van der Waals surface area contributed by atoms with E-state index in [9.17, 15) is 9.59 Å². The van der Waals surface area contributed by atoms with Crippen molar-refractivity contribution in [2.24, 2.45) is 5.92 Å². The van der Waals surface area contributed by atoms with E-state index >= 15 is 0 Å². The van der Waals surface area contributed by atoms with Crippen molar-refractivity contribution in [3.63, 3.8) is 0 Å². The molecule has 7 heteroatoms. The summed E-state index contributed by atoms with van der Waals surface area (Å²) in [7, 11) is 0. The van der Waals surface area contributed by atoms with Crippen LogP contribution in [-0.2, 0) is 11.2 Å². The molecule has 2 aromatic heterocycles. The van der Waals surface area contributed by atoms with Gasteiger partial charge >= 0.3 is 0 Å². The van der Waals surface area contributed by atoms with Crippen molar-refractivity contribution >= 4 is 39.2 Å². The Morgan fingerprint density at radius 1 is 1.32 bits per heavy atom. The molecule has 1 amide bonds. The summed E-state index contributed by atoms with van der Waals surface area (Å²) >= 11 is 2.87. The third-order valence-corrected chi connectivity index (χ3v) is 6.44. The molecular weight excluding hydrogens is 354 g/mol. The molecule has 0 aliphatic carbocycles. The molecule has 0 aliphatic rings. The number of thiophene rings is 1. The van der Waals surface area contributed by atoms with E-state index in [4.69, 9.17) is 0 Å². The maximum absolute atomic E-state index is 12.6. The highest BCUT2D eigenvalue weighted by atomic mass is 32.2. The summed E-state index contributed by atoms with van der Waals surface area (Å²) in [4.78, 5) is 35.9. The second kappa shape index (κ2) is 8.85. The summed E-state index contributed by atoms with van der Waals surface area (Å²) < 4.78 is 0. The Balaban J connectivity index is 2.25. The van der Waals surface area contributed by atoms with Crippen LogP contribution in [0.2, 0.25) is 0 Å².